The first-order valence-corrected chi connectivity index (χ1v) is 11.0. The topological polar surface area (TPSA) is 81.0 Å². The summed E-state index contributed by atoms with van der Waals surface area (Å²) in [4.78, 5) is 9.17. The molecular weight excluding hydrogens is 424 g/mol. The van der Waals surface area contributed by atoms with Crippen molar-refractivity contribution in [3.8, 4) is 28.6 Å². The highest BCUT2D eigenvalue weighted by Crippen LogP contribution is 2.28. The summed E-state index contributed by atoms with van der Waals surface area (Å²) in [5.74, 6) is 1.51. The molecule has 0 aliphatic heterocycles. The number of nitrogens with zero attached hydrogens (tertiary/aromatic N) is 6. The van der Waals surface area contributed by atoms with E-state index in [1.165, 1.54) is 0 Å². The molecule has 168 valence electrons. The van der Waals surface area contributed by atoms with Gasteiger partial charge in [-0.1, -0.05) is 30.3 Å². The van der Waals surface area contributed by atoms with Crippen LogP contribution in [-0.2, 0) is 12.8 Å². The van der Waals surface area contributed by atoms with Gasteiger partial charge in [-0.2, -0.15) is 10.4 Å². The smallest absolute Gasteiger partial charge is 0.163 e. The molecule has 7 nitrogen and oxygen atoms in total. The number of nitriles is 1. The van der Waals surface area contributed by atoms with Gasteiger partial charge >= 0.3 is 0 Å². The molecule has 5 rings (SSSR count). The van der Waals surface area contributed by atoms with E-state index in [1.807, 2.05) is 64.8 Å². The van der Waals surface area contributed by atoms with Gasteiger partial charge in [0.25, 0.3) is 0 Å². The highest BCUT2D eigenvalue weighted by atomic mass is 16.5. The summed E-state index contributed by atoms with van der Waals surface area (Å²) in [5.41, 5.74) is 7.93. The Morgan fingerprint density at radius 2 is 1.79 bits per heavy atom. The molecular formula is C27H24N6O. The van der Waals surface area contributed by atoms with Crippen molar-refractivity contribution in [1.29, 1.82) is 5.26 Å². The first-order valence-electron chi connectivity index (χ1n) is 11.0. The van der Waals surface area contributed by atoms with Crippen molar-refractivity contribution < 1.29 is 4.74 Å². The maximum absolute atomic E-state index is 8.93. The maximum atomic E-state index is 8.93. The van der Waals surface area contributed by atoms with Crippen molar-refractivity contribution in [1.82, 2.24) is 24.1 Å². The molecule has 0 fully saturated rings. The summed E-state index contributed by atoms with van der Waals surface area (Å²) in [5, 5.41) is 13.7. The minimum Gasteiger partial charge on any atom is -0.495 e. The van der Waals surface area contributed by atoms with Crippen LogP contribution in [0.1, 0.15) is 28.2 Å². The van der Waals surface area contributed by atoms with Crippen LogP contribution < -0.4 is 4.74 Å². The lowest BCUT2D eigenvalue weighted by Crippen LogP contribution is -1.98. The lowest BCUT2D eigenvalue weighted by Gasteiger charge is -2.10. The monoisotopic (exact) mass is 448 g/mol. The van der Waals surface area contributed by atoms with Crippen molar-refractivity contribution in [3.63, 3.8) is 0 Å². The van der Waals surface area contributed by atoms with E-state index >= 15 is 0 Å². The van der Waals surface area contributed by atoms with E-state index in [1.54, 1.807) is 13.4 Å². The highest BCUT2D eigenvalue weighted by Gasteiger charge is 2.13. The summed E-state index contributed by atoms with van der Waals surface area (Å²) in [6.07, 6.45) is 6.73. The average Bonchev–Trinajstić information content (AvgIpc) is 3.44. The van der Waals surface area contributed by atoms with E-state index in [0.29, 0.717) is 12.8 Å². The zero-order chi connectivity index (χ0) is 23.7. The molecule has 34 heavy (non-hydrogen) atoms. The number of aryl methyl sites for hydroxylation is 2. The first kappa shape index (κ1) is 21.4. The number of hydrogen-bond acceptors (Lipinski definition) is 5. The van der Waals surface area contributed by atoms with E-state index in [4.69, 9.17) is 20.1 Å². The molecule has 0 saturated heterocycles. The molecule has 0 N–H and O–H groups in total. The SMILES string of the molecule is COc1cc(Cc2nc3c(-c4ccc(CC#N)cc4)cc(C)cn3n2)ccc1-n1cnc(C)c1. The number of ether oxygens (including phenoxy) is 1. The van der Waals surface area contributed by atoms with Crippen LogP contribution in [0.4, 0.5) is 0 Å². The number of benzene rings is 2. The second-order valence-corrected chi connectivity index (χ2v) is 8.36. The third-order valence-corrected chi connectivity index (χ3v) is 5.76. The number of aromatic nitrogens is 5. The lowest BCUT2D eigenvalue weighted by atomic mass is 10.0. The van der Waals surface area contributed by atoms with E-state index in [-0.39, 0.29) is 0 Å². The molecule has 0 unspecified atom stereocenters. The minimum atomic E-state index is 0.404. The maximum Gasteiger partial charge on any atom is 0.163 e. The van der Waals surface area contributed by atoms with Gasteiger partial charge < -0.3 is 9.30 Å². The molecule has 0 radical (unpaired) electrons. The Bertz CT molecular complexity index is 1520. The van der Waals surface area contributed by atoms with Crippen LogP contribution in [0.3, 0.4) is 0 Å². The molecule has 3 aromatic heterocycles. The molecule has 2 aromatic carbocycles. The van der Waals surface area contributed by atoms with Crippen LogP contribution in [0.25, 0.3) is 22.5 Å². The van der Waals surface area contributed by atoms with Crippen LogP contribution in [0.2, 0.25) is 0 Å². The van der Waals surface area contributed by atoms with Gasteiger partial charge in [0, 0.05) is 24.4 Å². The summed E-state index contributed by atoms with van der Waals surface area (Å²) in [6.45, 7) is 4.01. The fourth-order valence-corrected chi connectivity index (χ4v) is 4.13. The van der Waals surface area contributed by atoms with Gasteiger partial charge in [-0.15, -0.1) is 0 Å². The minimum absolute atomic E-state index is 0.404. The Hall–Kier alpha value is -4.44. The van der Waals surface area contributed by atoms with Gasteiger partial charge in [-0.25, -0.2) is 14.5 Å². The number of hydrogen-bond donors (Lipinski definition) is 0. The Kier molecular flexibility index (Phi) is 5.56. The van der Waals surface area contributed by atoms with E-state index in [9.17, 15) is 0 Å². The van der Waals surface area contributed by atoms with E-state index < -0.39 is 0 Å². The zero-order valence-corrected chi connectivity index (χ0v) is 19.4. The van der Waals surface area contributed by atoms with Crippen molar-refractivity contribution in [3.05, 3.63) is 95.5 Å². The quantitative estimate of drug-likeness (QED) is 0.370. The molecule has 5 aromatic rings. The van der Waals surface area contributed by atoms with Gasteiger partial charge in [-0.3, -0.25) is 0 Å². The highest BCUT2D eigenvalue weighted by molar-refractivity contribution is 5.78. The fraction of sp³-hybridized carbons (Fsp3) is 0.185. The number of methoxy groups -OCH3 is 1. The lowest BCUT2D eigenvalue weighted by molar-refractivity contribution is 0.412. The fourth-order valence-electron chi connectivity index (χ4n) is 4.13. The third-order valence-electron chi connectivity index (χ3n) is 5.76. The largest absolute Gasteiger partial charge is 0.495 e. The third kappa shape index (κ3) is 4.14. The molecule has 0 aliphatic rings. The Morgan fingerprint density at radius 1 is 1.00 bits per heavy atom. The van der Waals surface area contributed by atoms with Crippen LogP contribution >= 0.6 is 0 Å². The number of imidazole rings is 1. The van der Waals surface area contributed by atoms with Gasteiger partial charge in [0.05, 0.1) is 37.3 Å². The van der Waals surface area contributed by atoms with Gasteiger partial charge in [-0.05, 0) is 54.3 Å². The standard InChI is InChI=1S/C27H24N6O/c1-18-12-23(22-7-4-20(5-8-22)10-11-28)27-30-26(31-33(27)15-18)14-21-6-9-24(25(13-21)34-3)32-16-19(2)29-17-32/h4-9,12-13,15-17H,10,14H2,1-3H3. The van der Waals surface area contributed by atoms with Crippen molar-refractivity contribution in [2.24, 2.45) is 0 Å². The summed E-state index contributed by atoms with van der Waals surface area (Å²) in [6, 6.07) is 18.5. The Labute approximate surface area is 197 Å². The van der Waals surface area contributed by atoms with Gasteiger partial charge in [0.2, 0.25) is 0 Å². The molecule has 0 spiro atoms. The van der Waals surface area contributed by atoms with Crippen LogP contribution in [-0.4, -0.2) is 31.3 Å². The molecule has 0 saturated carbocycles. The predicted octanol–water partition coefficient (Wildman–Crippen LogP) is 4.86. The molecule has 0 bridgehead atoms. The normalized spacial score (nSPS) is 11.0. The molecule has 7 heteroatoms. The van der Waals surface area contributed by atoms with Crippen LogP contribution in [0, 0.1) is 25.2 Å². The number of rotatable bonds is 6. The van der Waals surface area contributed by atoms with Crippen LogP contribution in [0.15, 0.2) is 67.3 Å². The number of fused-ring (bicyclic) bond motifs is 1. The van der Waals surface area contributed by atoms with Crippen molar-refractivity contribution in [2.45, 2.75) is 26.7 Å². The molecule has 0 atom stereocenters. The van der Waals surface area contributed by atoms with E-state index in [0.717, 1.165) is 56.4 Å². The average molecular weight is 449 g/mol. The van der Waals surface area contributed by atoms with Gasteiger partial charge in [0.1, 0.15) is 5.75 Å². The van der Waals surface area contributed by atoms with Crippen molar-refractivity contribution >= 4 is 5.65 Å². The zero-order valence-electron chi connectivity index (χ0n) is 19.4. The number of pyridine rings is 1. The Balaban J connectivity index is 1.48. The summed E-state index contributed by atoms with van der Waals surface area (Å²) >= 11 is 0. The Morgan fingerprint density at radius 3 is 2.50 bits per heavy atom. The molecule has 0 amide bonds. The second kappa shape index (κ2) is 8.83. The van der Waals surface area contributed by atoms with Crippen LogP contribution in [0.5, 0.6) is 5.75 Å². The van der Waals surface area contributed by atoms with Crippen molar-refractivity contribution in [2.75, 3.05) is 7.11 Å². The van der Waals surface area contributed by atoms with E-state index in [2.05, 4.69) is 30.1 Å². The van der Waals surface area contributed by atoms with Gasteiger partial charge in [0.15, 0.2) is 11.5 Å². The summed E-state index contributed by atoms with van der Waals surface area (Å²) < 4.78 is 9.46. The molecule has 0 aliphatic carbocycles. The summed E-state index contributed by atoms with van der Waals surface area (Å²) in [7, 11) is 1.67. The first-order chi connectivity index (χ1) is 16.5. The molecule has 3 heterocycles. The second-order valence-electron chi connectivity index (χ2n) is 8.36. The predicted molar refractivity (Wildman–Crippen MR) is 130 cm³/mol.